The summed E-state index contributed by atoms with van der Waals surface area (Å²) >= 11 is 0. The first-order chi connectivity index (χ1) is 21.8. The van der Waals surface area contributed by atoms with E-state index in [2.05, 4.69) is 77.0 Å². The molecule has 1 amide bonds. The van der Waals surface area contributed by atoms with Crippen molar-refractivity contribution < 1.29 is 13.6 Å². The monoisotopic (exact) mass is 644 g/mol. The Morgan fingerprint density at radius 3 is 2.07 bits per heavy atom. The Labute approximate surface area is 280 Å². The minimum Gasteiger partial charge on any atom is -0.383 e. The van der Waals surface area contributed by atoms with E-state index in [1.165, 1.54) is 50.3 Å². The van der Waals surface area contributed by atoms with E-state index < -0.39 is 11.6 Å². The number of carbonyl (C=O) groups is 1. The smallest absolute Gasteiger partial charge is 0.209 e. The van der Waals surface area contributed by atoms with Crippen LogP contribution < -0.4 is 5.32 Å². The molecule has 0 spiro atoms. The third kappa shape index (κ3) is 16.3. The SMILES string of the molecule is C=C(NC1CCCN(C=O)C1)[C@@H]1N(C)CCC1(C)C.C=CN1C(C)=CN=C/C1=C/C.CCCC.CCCC.Fc1cccc(F)c1. The van der Waals surface area contributed by atoms with Crippen LogP contribution in [0.3, 0.4) is 0 Å². The summed E-state index contributed by atoms with van der Waals surface area (Å²) in [5.74, 6) is -1.07. The lowest BCUT2D eigenvalue weighted by molar-refractivity contribution is -0.119. The number of aliphatic imine (C=N–C) groups is 1. The first kappa shape index (κ1) is 42.7. The molecule has 0 radical (unpaired) electrons. The van der Waals surface area contributed by atoms with Gasteiger partial charge in [-0.3, -0.25) is 14.7 Å². The maximum absolute atomic E-state index is 11.9. The largest absolute Gasteiger partial charge is 0.383 e. The number of piperidine rings is 1. The number of likely N-dealkylation sites (N-methyl/N-ethyl adjacent to an activating group) is 1. The number of halogens is 2. The molecule has 1 unspecified atom stereocenters. The Balaban J connectivity index is 0.000000634. The van der Waals surface area contributed by atoms with Gasteiger partial charge in [-0.05, 0) is 64.3 Å². The average Bonchev–Trinajstić information content (AvgIpc) is 3.33. The van der Waals surface area contributed by atoms with Gasteiger partial charge in [-0.2, -0.15) is 0 Å². The van der Waals surface area contributed by atoms with E-state index >= 15 is 0 Å². The molecule has 1 aromatic carbocycles. The van der Waals surface area contributed by atoms with Crippen LogP contribution in [0.5, 0.6) is 0 Å². The van der Waals surface area contributed by atoms with Crippen LogP contribution in [0.15, 0.2) is 78.0 Å². The van der Waals surface area contributed by atoms with Crippen LogP contribution >= 0.6 is 0 Å². The van der Waals surface area contributed by atoms with E-state index in [4.69, 9.17) is 0 Å². The second-order valence-electron chi connectivity index (χ2n) is 12.5. The predicted molar refractivity (Wildman–Crippen MR) is 193 cm³/mol. The molecule has 0 aromatic heterocycles. The topological polar surface area (TPSA) is 51.2 Å². The number of amides is 1. The van der Waals surface area contributed by atoms with Crippen LogP contribution in [-0.4, -0.2) is 66.1 Å². The number of hydrogen-bond donors (Lipinski definition) is 1. The predicted octanol–water partition coefficient (Wildman–Crippen LogP) is 9.30. The zero-order chi connectivity index (χ0) is 35.1. The lowest BCUT2D eigenvalue weighted by atomic mass is 9.83. The number of carbonyl (C=O) groups excluding carboxylic acids is 1. The summed E-state index contributed by atoms with van der Waals surface area (Å²) in [4.78, 5) is 21.2. The van der Waals surface area contributed by atoms with Crippen molar-refractivity contribution in [1.29, 1.82) is 0 Å². The number of rotatable bonds is 7. The molecular weight excluding hydrogens is 580 g/mol. The molecular formula is C38H63F2N5O. The maximum Gasteiger partial charge on any atom is 0.209 e. The van der Waals surface area contributed by atoms with Crippen LogP contribution in [0.1, 0.15) is 100 Å². The normalized spacial score (nSPS) is 20.7. The highest BCUT2D eigenvalue weighted by Gasteiger charge is 2.40. The van der Waals surface area contributed by atoms with Gasteiger partial charge in [0.1, 0.15) is 11.6 Å². The molecule has 46 heavy (non-hydrogen) atoms. The van der Waals surface area contributed by atoms with Crippen molar-refractivity contribution in [3.8, 4) is 0 Å². The first-order valence-corrected chi connectivity index (χ1v) is 16.9. The molecule has 1 aromatic rings. The number of hydrogen-bond acceptors (Lipinski definition) is 5. The summed E-state index contributed by atoms with van der Waals surface area (Å²) in [6.07, 6.45) is 17.1. The molecule has 3 aliphatic rings. The zero-order valence-electron chi connectivity index (χ0n) is 30.3. The summed E-state index contributed by atoms with van der Waals surface area (Å²) in [5.41, 5.74) is 3.55. The Morgan fingerprint density at radius 2 is 1.67 bits per heavy atom. The van der Waals surface area contributed by atoms with Crippen molar-refractivity contribution in [3.63, 3.8) is 0 Å². The molecule has 4 rings (SSSR count). The highest BCUT2D eigenvalue weighted by molar-refractivity contribution is 5.80. The Kier molecular flexibility index (Phi) is 22.3. The third-order valence-corrected chi connectivity index (χ3v) is 8.00. The quantitative estimate of drug-likeness (QED) is 0.301. The number of benzene rings is 1. The minimum atomic E-state index is -0.537. The highest BCUT2D eigenvalue weighted by atomic mass is 19.1. The number of likely N-dealkylation sites (tertiary alicyclic amines) is 2. The lowest BCUT2D eigenvalue weighted by Crippen LogP contribution is -2.49. The van der Waals surface area contributed by atoms with E-state index in [1.807, 2.05) is 42.1 Å². The molecule has 6 nitrogen and oxygen atoms in total. The van der Waals surface area contributed by atoms with Crippen LogP contribution in [0.25, 0.3) is 0 Å². The van der Waals surface area contributed by atoms with Gasteiger partial charge < -0.3 is 15.1 Å². The van der Waals surface area contributed by atoms with E-state index in [1.54, 1.807) is 6.20 Å². The van der Waals surface area contributed by atoms with Crippen molar-refractivity contribution in [1.82, 2.24) is 20.0 Å². The van der Waals surface area contributed by atoms with Gasteiger partial charge in [0.2, 0.25) is 6.41 Å². The number of allylic oxidation sites excluding steroid dienone is 3. The van der Waals surface area contributed by atoms with E-state index in [0.717, 1.165) is 62.0 Å². The maximum atomic E-state index is 11.9. The molecule has 1 N–H and O–H groups in total. The van der Waals surface area contributed by atoms with E-state index in [9.17, 15) is 13.6 Å². The minimum absolute atomic E-state index is 0.276. The first-order valence-electron chi connectivity index (χ1n) is 16.9. The standard InChI is InChI=1S/C15H27N3O.C9H12N2.C6H4F2.2C4H10/c1-12(14-15(2,3)7-9-17(14)4)16-13-6-5-8-18(10-13)11-19;1-4-9-7-10-6-8(3)11(9)5-2;7-5-2-1-3-6(8)4-5;2*1-3-4-2/h11,13-14,16H,1,5-10H2,2-4H3;4-7H,2H2,1,3H3;1-4H;2*3-4H2,1-2H3/b;9-4-;;;/t13?,14-;;;;/m0..../s1. The fraction of sp³-hybridized carbons (Fsp3) is 0.579. The zero-order valence-corrected chi connectivity index (χ0v) is 30.3. The molecule has 0 aliphatic carbocycles. The van der Waals surface area contributed by atoms with Gasteiger partial charge >= 0.3 is 0 Å². The Morgan fingerprint density at radius 1 is 1.09 bits per heavy atom. The van der Waals surface area contributed by atoms with Crippen molar-refractivity contribution >= 4 is 12.6 Å². The second-order valence-corrected chi connectivity index (χ2v) is 12.5. The third-order valence-electron chi connectivity index (χ3n) is 8.00. The Hall–Kier alpha value is -3.26. The number of nitrogens with zero attached hydrogens (tertiary/aromatic N) is 4. The molecule has 0 bridgehead atoms. The lowest BCUT2D eigenvalue weighted by Gasteiger charge is -2.37. The van der Waals surface area contributed by atoms with Gasteiger partial charge in [-0.1, -0.05) is 92.5 Å². The van der Waals surface area contributed by atoms with Crippen LogP contribution in [0.2, 0.25) is 0 Å². The summed E-state index contributed by atoms with van der Waals surface area (Å²) in [7, 11) is 2.17. The van der Waals surface area contributed by atoms with Crippen molar-refractivity contribution in [2.45, 2.75) is 112 Å². The van der Waals surface area contributed by atoms with Crippen molar-refractivity contribution in [3.05, 3.63) is 84.6 Å². The fourth-order valence-corrected chi connectivity index (χ4v) is 5.10. The van der Waals surface area contributed by atoms with Gasteiger partial charge in [0, 0.05) is 49.0 Å². The van der Waals surface area contributed by atoms with Gasteiger partial charge in [0.05, 0.1) is 18.0 Å². The molecule has 2 saturated heterocycles. The molecule has 3 heterocycles. The summed E-state index contributed by atoms with van der Waals surface area (Å²) in [5, 5.41) is 3.57. The molecule has 8 heteroatoms. The Bertz CT molecular complexity index is 1090. The second kappa shape index (κ2) is 24.0. The van der Waals surface area contributed by atoms with Crippen LogP contribution in [0.4, 0.5) is 8.78 Å². The van der Waals surface area contributed by atoms with Gasteiger partial charge in [-0.15, -0.1) is 0 Å². The van der Waals surface area contributed by atoms with Gasteiger partial charge in [0.25, 0.3) is 0 Å². The highest BCUT2D eigenvalue weighted by Crippen LogP contribution is 2.38. The van der Waals surface area contributed by atoms with Crippen LogP contribution in [0, 0.1) is 17.0 Å². The van der Waals surface area contributed by atoms with E-state index in [-0.39, 0.29) is 5.41 Å². The molecule has 260 valence electrons. The summed E-state index contributed by atoms with van der Waals surface area (Å²) in [6, 6.07) is 5.30. The summed E-state index contributed by atoms with van der Waals surface area (Å²) in [6.45, 7) is 28.1. The number of nitrogens with one attached hydrogen (secondary N) is 1. The molecule has 2 fully saturated rings. The van der Waals surface area contributed by atoms with E-state index in [0.29, 0.717) is 12.1 Å². The summed E-state index contributed by atoms with van der Waals surface area (Å²) < 4.78 is 23.9. The average molecular weight is 644 g/mol. The fourth-order valence-electron chi connectivity index (χ4n) is 5.10. The van der Waals surface area contributed by atoms with Gasteiger partial charge in [-0.25, -0.2) is 8.78 Å². The van der Waals surface area contributed by atoms with Crippen molar-refractivity contribution in [2.75, 3.05) is 26.7 Å². The number of unbranched alkanes of at least 4 members (excludes halogenated alkanes) is 2. The van der Waals surface area contributed by atoms with Crippen LogP contribution in [-0.2, 0) is 4.79 Å². The molecule has 0 saturated carbocycles. The van der Waals surface area contributed by atoms with Crippen molar-refractivity contribution in [2.24, 2.45) is 10.4 Å². The molecule has 2 atom stereocenters. The van der Waals surface area contributed by atoms with Gasteiger partial charge in [0.15, 0.2) is 0 Å². The molecule has 3 aliphatic heterocycles.